The molecule has 3 aromatic carbocycles. The van der Waals surface area contributed by atoms with Crippen LogP contribution in [-0.4, -0.2) is 76.1 Å². The fourth-order valence-corrected chi connectivity index (χ4v) is 4.89. The smallest absolute Gasteiger partial charge is 0.459 e. The van der Waals surface area contributed by atoms with E-state index in [1.165, 1.54) is 60.7 Å². The molecule has 0 radical (unpaired) electrons. The lowest BCUT2D eigenvalue weighted by Crippen LogP contribution is -2.67. The minimum Gasteiger partial charge on any atom is -0.459 e. The second-order valence-electron chi connectivity index (χ2n) is 9.31. The number of benzene rings is 3. The highest BCUT2D eigenvalue weighted by atomic mass is 32.2. The van der Waals surface area contributed by atoms with Crippen LogP contribution in [0, 0.1) is 0 Å². The van der Waals surface area contributed by atoms with Gasteiger partial charge in [0.15, 0.2) is 12.4 Å². The standard InChI is InChI=1S/C29H26F3NO10S/c1-39-28-22(33-25(34)18-11-5-2-6-12-18)24(42-27(36)20-15-9-4-10-16-20)23(43-44(37,38)29(30,31)32)21(41-28)17-40-26(35)19-13-7-3-8-14-19/h2-16,21-24,28H,17H2,1H3,(H,33,34)/t21-,22-,23+,24-,28+/m1/s1. The molecule has 1 N–H and O–H groups in total. The van der Waals surface area contributed by atoms with E-state index in [9.17, 15) is 36.0 Å². The van der Waals surface area contributed by atoms with Crippen LogP contribution in [0.1, 0.15) is 31.1 Å². The lowest BCUT2D eigenvalue weighted by molar-refractivity contribution is -0.256. The van der Waals surface area contributed by atoms with Crippen molar-refractivity contribution >= 4 is 28.0 Å². The van der Waals surface area contributed by atoms with E-state index in [0.29, 0.717) is 0 Å². The van der Waals surface area contributed by atoms with Gasteiger partial charge in [-0.15, -0.1) is 0 Å². The summed E-state index contributed by atoms with van der Waals surface area (Å²) in [6, 6.07) is 20.7. The van der Waals surface area contributed by atoms with Crippen molar-refractivity contribution in [3.8, 4) is 0 Å². The molecule has 1 heterocycles. The zero-order chi connectivity index (χ0) is 31.9. The van der Waals surface area contributed by atoms with Crippen molar-refractivity contribution in [2.45, 2.75) is 36.2 Å². The molecule has 0 spiro atoms. The number of alkyl halides is 3. The average molecular weight is 638 g/mol. The fraction of sp³-hybridized carbons (Fsp3) is 0.276. The Balaban J connectivity index is 1.74. The largest absolute Gasteiger partial charge is 0.523 e. The van der Waals surface area contributed by atoms with Crippen LogP contribution in [0.25, 0.3) is 0 Å². The van der Waals surface area contributed by atoms with Gasteiger partial charge in [-0.25, -0.2) is 9.59 Å². The number of rotatable bonds is 10. The number of carbonyl (C=O) groups is 3. The van der Waals surface area contributed by atoms with Crippen LogP contribution in [0.3, 0.4) is 0 Å². The van der Waals surface area contributed by atoms with Crippen molar-refractivity contribution in [3.05, 3.63) is 108 Å². The Labute approximate surface area is 249 Å². The third kappa shape index (κ3) is 7.79. The van der Waals surface area contributed by atoms with Crippen molar-refractivity contribution in [1.82, 2.24) is 5.32 Å². The first-order valence-electron chi connectivity index (χ1n) is 12.9. The Morgan fingerprint density at radius 3 is 1.80 bits per heavy atom. The monoisotopic (exact) mass is 637 g/mol. The lowest BCUT2D eigenvalue weighted by atomic mass is 9.96. The molecule has 0 unspecified atom stereocenters. The molecular formula is C29H26F3NO10S. The number of ether oxygens (including phenoxy) is 4. The maximum Gasteiger partial charge on any atom is 0.523 e. The normalized spacial score (nSPS) is 22.0. The maximum absolute atomic E-state index is 13.5. The Morgan fingerprint density at radius 2 is 1.30 bits per heavy atom. The second kappa shape index (κ2) is 14.0. The van der Waals surface area contributed by atoms with E-state index < -0.39 is 70.7 Å². The predicted molar refractivity (Wildman–Crippen MR) is 146 cm³/mol. The SMILES string of the molecule is CO[C@H]1O[C@H](COC(=O)c2ccccc2)[C@H](OS(=O)(=O)C(F)(F)F)[C@H](OC(=O)c2ccccc2)[C@H]1NC(=O)c1ccccc1. The molecular weight excluding hydrogens is 611 g/mol. The highest BCUT2D eigenvalue weighted by molar-refractivity contribution is 7.87. The summed E-state index contributed by atoms with van der Waals surface area (Å²) in [7, 11) is -5.22. The van der Waals surface area contributed by atoms with E-state index in [4.69, 9.17) is 18.9 Å². The zero-order valence-electron chi connectivity index (χ0n) is 22.9. The number of esters is 2. The quantitative estimate of drug-likeness (QED) is 0.199. The number of methoxy groups -OCH3 is 1. The van der Waals surface area contributed by atoms with Crippen molar-refractivity contribution in [3.63, 3.8) is 0 Å². The molecule has 0 aliphatic carbocycles. The first kappa shape index (κ1) is 32.6. The molecule has 11 nitrogen and oxygen atoms in total. The molecule has 1 saturated heterocycles. The number of hydrogen-bond donors (Lipinski definition) is 1. The molecule has 3 aromatic rings. The summed E-state index contributed by atoms with van der Waals surface area (Å²) in [5, 5.41) is 2.48. The lowest BCUT2D eigenvalue weighted by Gasteiger charge is -2.44. The fourth-order valence-electron chi connectivity index (χ4n) is 4.26. The van der Waals surface area contributed by atoms with E-state index in [1.54, 1.807) is 30.3 Å². The third-order valence-electron chi connectivity index (χ3n) is 6.37. The number of nitrogens with one attached hydrogen (secondary N) is 1. The zero-order valence-corrected chi connectivity index (χ0v) is 23.7. The first-order valence-corrected chi connectivity index (χ1v) is 14.3. The Kier molecular flexibility index (Phi) is 10.4. The van der Waals surface area contributed by atoms with E-state index in [2.05, 4.69) is 9.50 Å². The van der Waals surface area contributed by atoms with Crippen molar-refractivity contribution in [2.75, 3.05) is 13.7 Å². The van der Waals surface area contributed by atoms with Gasteiger partial charge < -0.3 is 24.3 Å². The van der Waals surface area contributed by atoms with Crippen LogP contribution >= 0.6 is 0 Å². The molecule has 1 aliphatic rings. The molecule has 1 aliphatic heterocycles. The van der Waals surface area contributed by atoms with E-state index in [1.807, 2.05) is 0 Å². The second-order valence-corrected chi connectivity index (χ2v) is 10.9. The van der Waals surface area contributed by atoms with Gasteiger partial charge in [0.2, 0.25) is 0 Å². The minimum absolute atomic E-state index is 0.0504. The summed E-state index contributed by atoms with van der Waals surface area (Å²) in [5.74, 6) is -2.80. The average Bonchev–Trinajstić information content (AvgIpc) is 3.02. The summed E-state index contributed by atoms with van der Waals surface area (Å²) in [6.07, 6.45) is -7.62. The Bertz CT molecular complexity index is 1540. The van der Waals surface area contributed by atoms with Gasteiger partial charge in [-0.3, -0.25) is 8.98 Å². The Morgan fingerprint density at radius 1 is 0.795 bits per heavy atom. The van der Waals surface area contributed by atoms with E-state index in [0.717, 1.165) is 7.11 Å². The van der Waals surface area contributed by atoms with E-state index in [-0.39, 0.29) is 16.7 Å². The summed E-state index contributed by atoms with van der Waals surface area (Å²) >= 11 is 0. The highest BCUT2D eigenvalue weighted by Gasteiger charge is 2.56. The molecule has 15 heteroatoms. The van der Waals surface area contributed by atoms with Crippen molar-refractivity contribution < 1.29 is 59.1 Å². The number of amides is 1. The minimum atomic E-state index is -6.35. The van der Waals surface area contributed by atoms with E-state index >= 15 is 0 Å². The van der Waals surface area contributed by atoms with Crippen LogP contribution in [0.15, 0.2) is 91.0 Å². The van der Waals surface area contributed by atoms with Gasteiger partial charge in [0.05, 0.1) is 11.1 Å². The van der Waals surface area contributed by atoms with Crippen LogP contribution in [0.4, 0.5) is 13.2 Å². The van der Waals surface area contributed by atoms with Gasteiger partial charge >= 0.3 is 27.6 Å². The maximum atomic E-state index is 13.5. The molecule has 0 bridgehead atoms. The van der Waals surface area contributed by atoms with Crippen molar-refractivity contribution in [1.29, 1.82) is 0 Å². The number of hydrogen-bond acceptors (Lipinski definition) is 10. The van der Waals surface area contributed by atoms with Gasteiger partial charge in [0.1, 0.15) is 24.9 Å². The number of carbonyl (C=O) groups excluding carboxylic acids is 3. The molecule has 5 atom stereocenters. The summed E-state index contributed by atoms with van der Waals surface area (Å²) in [5.41, 5.74) is -5.76. The van der Waals surface area contributed by atoms with Gasteiger partial charge in [0, 0.05) is 12.7 Å². The third-order valence-corrected chi connectivity index (χ3v) is 7.42. The van der Waals surface area contributed by atoms with Gasteiger partial charge in [-0.1, -0.05) is 54.6 Å². The van der Waals surface area contributed by atoms with Gasteiger partial charge in [0.25, 0.3) is 5.91 Å². The predicted octanol–water partition coefficient (Wildman–Crippen LogP) is 3.47. The summed E-state index contributed by atoms with van der Waals surface area (Å²) in [6.45, 7) is -0.857. The molecule has 44 heavy (non-hydrogen) atoms. The Hall–Kier alpha value is -4.31. The molecule has 1 fully saturated rings. The molecule has 1 amide bonds. The first-order chi connectivity index (χ1) is 20.9. The highest BCUT2D eigenvalue weighted by Crippen LogP contribution is 2.33. The van der Waals surface area contributed by atoms with Gasteiger partial charge in [-0.05, 0) is 36.4 Å². The molecule has 0 saturated carbocycles. The van der Waals surface area contributed by atoms with Crippen LogP contribution in [0.2, 0.25) is 0 Å². The topological polar surface area (TPSA) is 144 Å². The molecule has 0 aromatic heterocycles. The summed E-state index contributed by atoms with van der Waals surface area (Å²) < 4.78 is 91.5. The number of halogens is 3. The van der Waals surface area contributed by atoms with Crippen LogP contribution in [0.5, 0.6) is 0 Å². The van der Waals surface area contributed by atoms with Crippen LogP contribution in [-0.2, 0) is 33.2 Å². The molecule has 234 valence electrons. The molecule has 4 rings (SSSR count). The summed E-state index contributed by atoms with van der Waals surface area (Å²) in [4.78, 5) is 38.9. The van der Waals surface area contributed by atoms with Crippen LogP contribution < -0.4 is 5.32 Å². The van der Waals surface area contributed by atoms with Crippen molar-refractivity contribution in [2.24, 2.45) is 0 Å². The van der Waals surface area contributed by atoms with Gasteiger partial charge in [-0.2, -0.15) is 21.6 Å².